The quantitative estimate of drug-likeness (QED) is 0.762. The molecule has 0 aliphatic heterocycles. The molecule has 2 aliphatic carbocycles. The van der Waals surface area contributed by atoms with Crippen molar-refractivity contribution in [2.24, 2.45) is 23.5 Å². The van der Waals surface area contributed by atoms with Crippen LogP contribution in [-0.2, 0) is 0 Å². The van der Waals surface area contributed by atoms with E-state index in [4.69, 9.17) is 5.73 Å². The molecule has 2 rings (SSSR count). The lowest BCUT2D eigenvalue weighted by Gasteiger charge is -2.44. The van der Waals surface area contributed by atoms with Gasteiger partial charge >= 0.3 is 0 Å². The number of nitrogens with zero attached hydrogens (tertiary/aromatic N) is 1. The highest BCUT2D eigenvalue weighted by Crippen LogP contribution is 2.38. The van der Waals surface area contributed by atoms with Crippen LogP contribution in [0.2, 0.25) is 0 Å². The van der Waals surface area contributed by atoms with E-state index in [1.54, 1.807) is 0 Å². The maximum atomic E-state index is 6.07. The van der Waals surface area contributed by atoms with Gasteiger partial charge in [-0.2, -0.15) is 0 Å². The van der Waals surface area contributed by atoms with E-state index in [2.05, 4.69) is 25.7 Å². The molecule has 3 unspecified atom stereocenters. The van der Waals surface area contributed by atoms with Gasteiger partial charge < -0.3 is 5.73 Å². The Hall–Kier alpha value is -0.0800. The van der Waals surface area contributed by atoms with Crippen molar-refractivity contribution in [1.82, 2.24) is 4.90 Å². The summed E-state index contributed by atoms with van der Waals surface area (Å²) in [5.41, 5.74) is 6.07. The number of nitrogens with two attached hydrogens (primary N) is 1. The Kier molecular flexibility index (Phi) is 5.70. The van der Waals surface area contributed by atoms with Crippen LogP contribution in [0.3, 0.4) is 0 Å². The highest BCUT2D eigenvalue weighted by molar-refractivity contribution is 4.91. The second kappa shape index (κ2) is 7.08. The van der Waals surface area contributed by atoms with Crippen LogP contribution >= 0.6 is 0 Å². The molecule has 2 aliphatic rings. The lowest BCUT2D eigenvalue weighted by Crippen LogP contribution is -2.50. The van der Waals surface area contributed by atoms with E-state index >= 15 is 0 Å². The first-order valence-electron chi connectivity index (χ1n) is 8.61. The summed E-state index contributed by atoms with van der Waals surface area (Å²) in [5.74, 6) is 2.69. The average molecular weight is 266 g/mol. The molecular weight excluding hydrogens is 232 g/mol. The summed E-state index contributed by atoms with van der Waals surface area (Å²) in [4.78, 5) is 2.80. The molecule has 3 atom stereocenters. The second-order valence-electron chi connectivity index (χ2n) is 7.26. The molecule has 0 radical (unpaired) electrons. The first-order chi connectivity index (χ1) is 9.15. The molecule has 0 heterocycles. The molecule has 2 fully saturated rings. The van der Waals surface area contributed by atoms with Gasteiger partial charge in [0, 0.05) is 18.6 Å². The standard InChI is InChI=1S/C17H34N2/c1-4-5-14-8-9-16(11-18)17(10-14)19(13(2)3)12-15-6-7-15/h13-17H,4-12,18H2,1-3H3. The fraction of sp³-hybridized carbons (Fsp3) is 1.00. The molecule has 0 aromatic heterocycles. The van der Waals surface area contributed by atoms with Crippen molar-refractivity contribution in [1.29, 1.82) is 0 Å². The largest absolute Gasteiger partial charge is 0.330 e. The Bertz CT molecular complexity index is 260. The van der Waals surface area contributed by atoms with Gasteiger partial charge in [-0.05, 0) is 63.8 Å². The van der Waals surface area contributed by atoms with Crippen molar-refractivity contribution in [3.05, 3.63) is 0 Å². The van der Waals surface area contributed by atoms with Crippen molar-refractivity contribution in [3.63, 3.8) is 0 Å². The molecule has 0 saturated heterocycles. The highest BCUT2D eigenvalue weighted by atomic mass is 15.2. The molecule has 2 nitrogen and oxygen atoms in total. The fourth-order valence-corrected chi connectivity index (χ4v) is 3.97. The van der Waals surface area contributed by atoms with E-state index in [1.165, 1.54) is 51.5 Å². The Labute approximate surface area is 120 Å². The predicted octanol–water partition coefficient (Wildman–Crippen LogP) is 3.65. The van der Waals surface area contributed by atoms with E-state index in [0.717, 1.165) is 30.3 Å². The Balaban J connectivity index is 2.00. The molecular formula is C17H34N2. The fourth-order valence-electron chi connectivity index (χ4n) is 3.97. The second-order valence-corrected chi connectivity index (χ2v) is 7.26. The lowest BCUT2D eigenvalue weighted by atomic mass is 9.75. The number of hydrogen-bond acceptors (Lipinski definition) is 2. The summed E-state index contributed by atoms with van der Waals surface area (Å²) in [6.45, 7) is 9.29. The van der Waals surface area contributed by atoms with Crippen molar-refractivity contribution in [3.8, 4) is 0 Å². The maximum absolute atomic E-state index is 6.07. The van der Waals surface area contributed by atoms with Gasteiger partial charge in [0.1, 0.15) is 0 Å². The van der Waals surface area contributed by atoms with Crippen LogP contribution in [0.5, 0.6) is 0 Å². The first kappa shape index (κ1) is 15.3. The lowest BCUT2D eigenvalue weighted by molar-refractivity contribution is 0.0516. The normalized spacial score (nSPS) is 32.2. The van der Waals surface area contributed by atoms with Gasteiger partial charge in [0.25, 0.3) is 0 Å². The van der Waals surface area contributed by atoms with E-state index < -0.39 is 0 Å². The van der Waals surface area contributed by atoms with Crippen molar-refractivity contribution < 1.29 is 0 Å². The zero-order valence-corrected chi connectivity index (χ0v) is 13.3. The molecule has 0 aromatic carbocycles. The summed E-state index contributed by atoms with van der Waals surface area (Å²) < 4.78 is 0. The third-order valence-corrected chi connectivity index (χ3v) is 5.32. The minimum absolute atomic E-state index is 0.681. The Morgan fingerprint density at radius 2 is 1.79 bits per heavy atom. The monoisotopic (exact) mass is 266 g/mol. The summed E-state index contributed by atoms with van der Waals surface area (Å²) in [6.07, 6.45) is 9.86. The van der Waals surface area contributed by atoms with E-state index in [-0.39, 0.29) is 0 Å². The molecule has 0 bridgehead atoms. The smallest absolute Gasteiger partial charge is 0.0141 e. The first-order valence-corrected chi connectivity index (χ1v) is 8.61. The third kappa shape index (κ3) is 4.19. The molecule has 2 heteroatoms. The summed E-state index contributed by atoms with van der Waals surface area (Å²) in [6, 6.07) is 1.44. The molecule has 0 amide bonds. The topological polar surface area (TPSA) is 29.3 Å². The van der Waals surface area contributed by atoms with Gasteiger partial charge in [-0.3, -0.25) is 4.90 Å². The zero-order valence-electron chi connectivity index (χ0n) is 13.3. The number of hydrogen-bond donors (Lipinski definition) is 1. The van der Waals surface area contributed by atoms with Crippen LogP contribution in [0.15, 0.2) is 0 Å². The van der Waals surface area contributed by atoms with Gasteiger partial charge in [0.2, 0.25) is 0 Å². The van der Waals surface area contributed by atoms with Crippen LogP contribution in [0.25, 0.3) is 0 Å². The maximum Gasteiger partial charge on any atom is 0.0141 e. The van der Waals surface area contributed by atoms with E-state index in [9.17, 15) is 0 Å². The van der Waals surface area contributed by atoms with Gasteiger partial charge in [-0.15, -0.1) is 0 Å². The Morgan fingerprint density at radius 3 is 2.32 bits per heavy atom. The van der Waals surface area contributed by atoms with E-state index in [1.807, 2.05) is 0 Å². The van der Waals surface area contributed by atoms with Crippen LogP contribution in [-0.4, -0.2) is 30.1 Å². The van der Waals surface area contributed by atoms with Crippen molar-refractivity contribution in [2.45, 2.75) is 77.8 Å². The van der Waals surface area contributed by atoms with Crippen LogP contribution in [0.4, 0.5) is 0 Å². The third-order valence-electron chi connectivity index (χ3n) is 5.32. The summed E-state index contributed by atoms with van der Waals surface area (Å²) in [7, 11) is 0. The minimum atomic E-state index is 0.681. The molecule has 19 heavy (non-hydrogen) atoms. The predicted molar refractivity (Wildman–Crippen MR) is 83.1 cm³/mol. The van der Waals surface area contributed by atoms with Gasteiger partial charge in [-0.1, -0.05) is 26.2 Å². The molecule has 0 spiro atoms. The zero-order chi connectivity index (χ0) is 13.8. The average Bonchev–Trinajstić information content (AvgIpc) is 3.20. The summed E-state index contributed by atoms with van der Waals surface area (Å²) in [5, 5.41) is 0. The van der Waals surface area contributed by atoms with E-state index in [0.29, 0.717) is 6.04 Å². The van der Waals surface area contributed by atoms with Crippen LogP contribution < -0.4 is 5.73 Å². The number of rotatable bonds is 7. The molecule has 112 valence electrons. The highest BCUT2D eigenvalue weighted by Gasteiger charge is 2.36. The van der Waals surface area contributed by atoms with Gasteiger partial charge in [0.15, 0.2) is 0 Å². The summed E-state index contributed by atoms with van der Waals surface area (Å²) >= 11 is 0. The molecule has 2 N–H and O–H groups in total. The molecule has 2 saturated carbocycles. The van der Waals surface area contributed by atoms with Gasteiger partial charge in [-0.25, -0.2) is 0 Å². The van der Waals surface area contributed by atoms with Crippen molar-refractivity contribution >= 4 is 0 Å². The van der Waals surface area contributed by atoms with Crippen LogP contribution in [0, 0.1) is 17.8 Å². The van der Waals surface area contributed by atoms with Gasteiger partial charge in [0.05, 0.1) is 0 Å². The Morgan fingerprint density at radius 1 is 1.11 bits per heavy atom. The van der Waals surface area contributed by atoms with Crippen molar-refractivity contribution in [2.75, 3.05) is 13.1 Å². The minimum Gasteiger partial charge on any atom is -0.330 e. The van der Waals surface area contributed by atoms with Crippen LogP contribution in [0.1, 0.15) is 65.7 Å². The SMILES string of the molecule is CCCC1CCC(CN)C(N(CC2CC2)C(C)C)C1. The molecule has 0 aromatic rings.